The molecule has 0 unspecified atom stereocenters. The maximum absolute atomic E-state index is 11.2. The van der Waals surface area contributed by atoms with Crippen molar-refractivity contribution in [3.63, 3.8) is 0 Å². The highest BCUT2D eigenvalue weighted by Gasteiger charge is 2.36. The van der Waals surface area contributed by atoms with E-state index in [-0.39, 0.29) is 5.54 Å². The Hall–Kier alpha value is -1.88. The summed E-state index contributed by atoms with van der Waals surface area (Å²) in [4.78, 5) is 17.9. The highest BCUT2D eigenvalue weighted by atomic mass is 16.4. The molecular formula is C16H21N3O2. The average molecular weight is 287 g/mol. The summed E-state index contributed by atoms with van der Waals surface area (Å²) in [5, 5.41) is 9.16. The Morgan fingerprint density at radius 1 is 1.38 bits per heavy atom. The number of benzene rings is 1. The molecule has 0 saturated heterocycles. The standard InChI is InChI=1S/C16H21N3O2/c1-18(2)16(7-3-4-8-16)10-19-11-17-13-6-5-12(15(20)21)9-14(13)19/h5-6,9,11H,3-4,7-8,10H2,1-2H3,(H,20,21). The van der Waals surface area contributed by atoms with Gasteiger partial charge in [0.2, 0.25) is 0 Å². The van der Waals surface area contributed by atoms with Crippen LogP contribution in [-0.2, 0) is 6.54 Å². The number of fused-ring (bicyclic) bond motifs is 1. The van der Waals surface area contributed by atoms with Crippen LogP contribution in [0, 0.1) is 0 Å². The van der Waals surface area contributed by atoms with Crippen molar-refractivity contribution in [1.29, 1.82) is 0 Å². The molecule has 3 rings (SSSR count). The summed E-state index contributed by atoms with van der Waals surface area (Å²) >= 11 is 0. The molecule has 1 aliphatic carbocycles. The smallest absolute Gasteiger partial charge is 0.335 e. The minimum atomic E-state index is -0.896. The number of imidazole rings is 1. The number of aromatic nitrogens is 2. The molecule has 112 valence electrons. The van der Waals surface area contributed by atoms with Gasteiger partial charge in [0.1, 0.15) is 0 Å². The van der Waals surface area contributed by atoms with Crippen LogP contribution in [0.1, 0.15) is 36.0 Å². The Balaban J connectivity index is 2.00. The highest BCUT2D eigenvalue weighted by Crippen LogP contribution is 2.36. The third-order valence-electron chi connectivity index (χ3n) is 4.82. The molecule has 1 fully saturated rings. The number of nitrogens with zero attached hydrogens (tertiary/aromatic N) is 3. The lowest BCUT2D eigenvalue weighted by molar-refractivity contribution is 0.0697. The maximum atomic E-state index is 11.2. The summed E-state index contributed by atoms with van der Waals surface area (Å²) in [6.07, 6.45) is 6.70. The summed E-state index contributed by atoms with van der Waals surface area (Å²) in [6.45, 7) is 0.861. The van der Waals surface area contributed by atoms with Gasteiger partial charge < -0.3 is 14.6 Å². The molecular weight excluding hydrogens is 266 g/mol. The van der Waals surface area contributed by atoms with E-state index in [0.717, 1.165) is 17.6 Å². The number of rotatable bonds is 4. The Bertz CT molecular complexity index is 669. The van der Waals surface area contributed by atoms with Gasteiger partial charge in [0.25, 0.3) is 0 Å². The Morgan fingerprint density at radius 2 is 2.10 bits per heavy atom. The van der Waals surface area contributed by atoms with Gasteiger partial charge in [0.05, 0.1) is 22.9 Å². The molecule has 0 radical (unpaired) electrons. The van der Waals surface area contributed by atoms with E-state index in [2.05, 4.69) is 28.5 Å². The molecule has 0 aliphatic heterocycles. The topological polar surface area (TPSA) is 58.4 Å². The number of hydrogen-bond acceptors (Lipinski definition) is 3. The molecule has 21 heavy (non-hydrogen) atoms. The molecule has 0 amide bonds. The monoisotopic (exact) mass is 287 g/mol. The molecule has 1 heterocycles. The van der Waals surface area contributed by atoms with E-state index in [9.17, 15) is 4.79 Å². The first kappa shape index (κ1) is 14.1. The van der Waals surface area contributed by atoms with Crippen LogP contribution in [0.4, 0.5) is 0 Å². The molecule has 5 heteroatoms. The van der Waals surface area contributed by atoms with Crippen LogP contribution in [0.15, 0.2) is 24.5 Å². The van der Waals surface area contributed by atoms with Gasteiger partial charge >= 0.3 is 5.97 Å². The summed E-state index contributed by atoms with van der Waals surface area (Å²) in [5.41, 5.74) is 2.23. The van der Waals surface area contributed by atoms with Gasteiger partial charge in [-0.05, 0) is 45.1 Å². The van der Waals surface area contributed by atoms with Crippen molar-refractivity contribution in [2.45, 2.75) is 37.8 Å². The van der Waals surface area contributed by atoms with Crippen molar-refractivity contribution in [3.05, 3.63) is 30.1 Å². The number of aromatic carboxylic acids is 1. The second kappa shape index (κ2) is 5.15. The lowest BCUT2D eigenvalue weighted by atomic mass is 9.96. The van der Waals surface area contributed by atoms with Crippen LogP contribution in [-0.4, -0.2) is 45.2 Å². The van der Waals surface area contributed by atoms with Gasteiger partial charge in [-0.1, -0.05) is 12.8 Å². The quantitative estimate of drug-likeness (QED) is 0.939. The van der Waals surface area contributed by atoms with Crippen molar-refractivity contribution in [1.82, 2.24) is 14.5 Å². The molecule has 0 atom stereocenters. The van der Waals surface area contributed by atoms with Gasteiger partial charge in [-0.2, -0.15) is 0 Å². The summed E-state index contributed by atoms with van der Waals surface area (Å²) in [5.74, 6) is -0.896. The molecule has 1 aromatic carbocycles. The first-order valence-electron chi connectivity index (χ1n) is 7.37. The van der Waals surface area contributed by atoms with Crippen molar-refractivity contribution in [2.24, 2.45) is 0 Å². The van der Waals surface area contributed by atoms with Crippen LogP contribution in [0.5, 0.6) is 0 Å². The van der Waals surface area contributed by atoms with Crippen molar-refractivity contribution < 1.29 is 9.90 Å². The maximum Gasteiger partial charge on any atom is 0.335 e. The molecule has 0 spiro atoms. The van der Waals surface area contributed by atoms with Gasteiger partial charge in [-0.15, -0.1) is 0 Å². The molecule has 5 nitrogen and oxygen atoms in total. The highest BCUT2D eigenvalue weighted by molar-refractivity contribution is 5.92. The van der Waals surface area contributed by atoms with E-state index in [1.54, 1.807) is 18.2 Å². The van der Waals surface area contributed by atoms with Crippen LogP contribution in [0.2, 0.25) is 0 Å². The Morgan fingerprint density at radius 3 is 2.71 bits per heavy atom. The van der Waals surface area contributed by atoms with Gasteiger partial charge in [0.15, 0.2) is 0 Å². The summed E-state index contributed by atoms with van der Waals surface area (Å²) in [7, 11) is 4.26. The zero-order valence-electron chi connectivity index (χ0n) is 12.5. The minimum Gasteiger partial charge on any atom is -0.478 e. The van der Waals surface area contributed by atoms with Crippen LogP contribution < -0.4 is 0 Å². The molecule has 1 aromatic heterocycles. The third kappa shape index (κ3) is 2.42. The number of carbonyl (C=O) groups is 1. The van der Waals surface area contributed by atoms with Crippen molar-refractivity contribution in [3.8, 4) is 0 Å². The van der Waals surface area contributed by atoms with E-state index >= 15 is 0 Å². The predicted octanol–water partition coefficient (Wildman–Crippen LogP) is 2.61. The van der Waals surface area contributed by atoms with Gasteiger partial charge in [-0.3, -0.25) is 0 Å². The molecule has 0 bridgehead atoms. The third-order valence-corrected chi connectivity index (χ3v) is 4.82. The van der Waals surface area contributed by atoms with Crippen LogP contribution in [0.25, 0.3) is 11.0 Å². The zero-order chi connectivity index (χ0) is 15.0. The number of hydrogen-bond donors (Lipinski definition) is 1. The Labute approximate surface area is 124 Å². The second-order valence-corrected chi connectivity index (χ2v) is 6.21. The number of carboxylic acids is 1. The van der Waals surface area contributed by atoms with E-state index < -0.39 is 5.97 Å². The van der Waals surface area contributed by atoms with Crippen LogP contribution >= 0.6 is 0 Å². The van der Waals surface area contributed by atoms with Gasteiger partial charge in [-0.25, -0.2) is 9.78 Å². The first-order valence-corrected chi connectivity index (χ1v) is 7.37. The van der Waals surface area contributed by atoms with E-state index in [1.165, 1.54) is 25.7 Å². The van der Waals surface area contributed by atoms with Gasteiger partial charge in [0, 0.05) is 12.1 Å². The zero-order valence-corrected chi connectivity index (χ0v) is 12.5. The van der Waals surface area contributed by atoms with E-state index in [4.69, 9.17) is 5.11 Å². The summed E-state index contributed by atoms with van der Waals surface area (Å²) < 4.78 is 2.10. The molecule has 1 aliphatic rings. The lowest BCUT2D eigenvalue weighted by Gasteiger charge is -2.36. The predicted molar refractivity (Wildman–Crippen MR) is 81.6 cm³/mol. The second-order valence-electron chi connectivity index (χ2n) is 6.21. The number of likely N-dealkylation sites (N-methyl/N-ethyl adjacent to an activating group) is 1. The van der Waals surface area contributed by atoms with E-state index in [0.29, 0.717) is 5.56 Å². The van der Waals surface area contributed by atoms with Crippen LogP contribution in [0.3, 0.4) is 0 Å². The average Bonchev–Trinajstić information content (AvgIpc) is 3.07. The fourth-order valence-corrected chi connectivity index (χ4v) is 3.41. The largest absolute Gasteiger partial charge is 0.478 e. The normalized spacial score (nSPS) is 17.7. The fraction of sp³-hybridized carbons (Fsp3) is 0.500. The lowest BCUT2D eigenvalue weighted by Crippen LogP contribution is -2.45. The van der Waals surface area contributed by atoms with E-state index in [1.807, 2.05) is 6.33 Å². The fourth-order valence-electron chi connectivity index (χ4n) is 3.41. The van der Waals surface area contributed by atoms with Crippen molar-refractivity contribution >= 4 is 17.0 Å². The molecule has 2 aromatic rings. The first-order chi connectivity index (χ1) is 10.0. The minimum absolute atomic E-state index is 0.160. The van der Waals surface area contributed by atoms with Crippen molar-refractivity contribution in [2.75, 3.05) is 14.1 Å². The SMILES string of the molecule is CN(C)C1(Cn2cnc3ccc(C(=O)O)cc32)CCCC1. The Kier molecular flexibility index (Phi) is 3.45. The summed E-state index contributed by atoms with van der Waals surface area (Å²) in [6, 6.07) is 5.12. The molecule has 1 saturated carbocycles. The number of carboxylic acid groups (broad SMARTS) is 1. The molecule has 1 N–H and O–H groups in total.